The number of benzene rings is 1. The minimum atomic E-state index is 0.611. The summed E-state index contributed by atoms with van der Waals surface area (Å²) in [7, 11) is 0. The molecule has 0 amide bonds. The Morgan fingerprint density at radius 3 is 2.92 bits per heavy atom. The predicted octanol–water partition coefficient (Wildman–Crippen LogP) is 3.54. The molecule has 0 bridgehead atoms. The molecule has 3 rings (SSSR count). The number of para-hydroxylation sites is 1. The maximum absolute atomic E-state index is 4.63. The number of rotatable bonds is 6. The van der Waals surface area contributed by atoms with Crippen LogP contribution in [0.5, 0.6) is 0 Å². The van der Waals surface area contributed by atoms with Crippen LogP contribution in [0.2, 0.25) is 0 Å². The molecular weight excluding hydrogens is 330 g/mol. The van der Waals surface area contributed by atoms with Crippen molar-refractivity contribution in [2.45, 2.75) is 33.7 Å². The molecule has 3 N–H and O–H groups in total. The van der Waals surface area contributed by atoms with Crippen LogP contribution < -0.4 is 10.6 Å². The third-order valence-corrected chi connectivity index (χ3v) is 4.98. The number of thiazole rings is 1. The van der Waals surface area contributed by atoms with Crippen LogP contribution in [0.25, 0.3) is 10.9 Å². The zero-order chi connectivity index (χ0) is 17.6. The van der Waals surface area contributed by atoms with Gasteiger partial charge >= 0.3 is 0 Å². The molecule has 3 aromatic rings. The van der Waals surface area contributed by atoms with Gasteiger partial charge in [0.2, 0.25) is 0 Å². The molecule has 0 fully saturated rings. The molecule has 0 atom stereocenters. The average molecular weight is 356 g/mol. The molecule has 25 heavy (non-hydrogen) atoms. The molecule has 2 aromatic heterocycles. The number of nitrogens with one attached hydrogen (secondary N) is 3. The van der Waals surface area contributed by atoms with Crippen LogP contribution in [0.1, 0.15) is 27.9 Å². The molecule has 0 radical (unpaired) electrons. The third-order valence-electron chi connectivity index (χ3n) is 4.08. The summed E-state index contributed by atoms with van der Waals surface area (Å²) in [4.78, 5) is 13.6. The van der Waals surface area contributed by atoms with Gasteiger partial charge in [-0.25, -0.2) is 9.98 Å². The summed E-state index contributed by atoms with van der Waals surface area (Å²) < 4.78 is 0. The van der Waals surface area contributed by atoms with Crippen molar-refractivity contribution >= 4 is 28.2 Å². The Labute approximate surface area is 152 Å². The minimum Gasteiger partial charge on any atom is -0.361 e. The van der Waals surface area contributed by atoms with Crippen LogP contribution in [0.15, 0.2) is 35.6 Å². The molecule has 0 aliphatic carbocycles. The van der Waals surface area contributed by atoms with E-state index in [0.29, 0.717) is 6.54 Å². The van der Waals surface area contributed by atoms with Crippen LogP contribution in [0.4, 0.5) is 0 Å². The lowest BCUT2D eigenvalue weighted by atomic mass is 10.1. The number of guanidine groups is 1. The molecular formula is C19H25N5S. The van der Waals surface area contributed by atoms with Crippen LogP contribution in [0, 0.1) is 13.8 Å². The number of hydrogen-bond donors (Lipinski definition) is 3. The first-order valence-electron chi connectivity index (χ1n) is 8.66. The van der Waals surface area contributed by atoms with Crippen molar-refractivity contribution in [1.82, 2.24) is 20.6 Å². The maximum atomic E-state index is 4.63. The molecule has 0 saturated heterocycles. The molecule has 0 spiro atoms. The predicted molar refractivity (Wildman–Crippen MR) is 106 cm³/mol. The van der Waals surface area contributed by atoms with Crippen molar-refractivity contribution in [3.8, 4) is 0 Å². The van der Waals surface area contributed by atoms with E-state index in [1.165, 1.54) is 26.9 Å². The molecule has 2 heterocycles. The number of aromatic nitrogens is 2. The summed E-state index contributed by atoms with van der Waals surface area (Å²) in [6.45, 7) is 8.57. The fraction of sp³-hybridized carbons (Fsp3) is 0.368. The van der Waals surface area contributed by atoms with E-state index in [1.54, 1.807) is 11.3 Å². The number of hydrogen-bond acceptors (Lipinski definition) is 3. The van der Waals surface area contributed by atoms with Crippen LogP contribution in [-0.4, -0.2) is 29.0 Å². The lowest BCUT2D eigenvalue weighted by Gasteiger charge is -2.10. The molecule has 0 unspecified atom stereocenters. The lowest BCUT2D eigenvalue weighted by molar-refractivity contribution is 0.801. The summed E-state index contributed by atoms with van der Waals surface area (Å²) >= 11 is 1.69. The Hall–Kier alpha value is -2.34. The van der Waals surface area contributed by atoms with E-state index in [2.05, 4.69) is 70.8 Å². The van der Waals surface area contributed by atoms with Crippen molar-refractivity contribution in [3.63, 3.8) is 0 Å². The van der Waals surface area contributed by atoms with Gasteiger partial charge in [-0.1, -0.05) is 18.2 Å². The first-order valence-corrected chi connectivity index (χ1v) is 9.48. The lowest BCUT2D eigenvalue weighted by Crippen LogP contribution is -2.38. The fourth-order valence-corrected chi connectivity index (χ4v) is 3.56. The molecule has 0 aliphatic rings. The molecule has 132 valence electrons. The van der Waals surface area contributed by atoms with Crippen molar-refractivity contribution in [3.05, 3.63) is 51.6 Å². The topological polar surface area (TPSA) is 65.1 Å². The Morgan fingerprint density at radius 2 is 2.16 bits per heavy atom. The number of aliphatic imine (C=N–C) groups is 1. The Morgan fingerprint density at radius 1 is 1.28 bits per heavy atom. The normalized spacial score (nSPS) is 11.9. The summed E-state index contributed by atoms with van der Waals surface area (Å²) in [5, 5.41) is 9.06. The van der Waals surface area contributed by atoms with Crippen LogP contribution in [-0.2, 0) is 13.0 Å². The summed E-state index contributed by atoms with van der Waals surface area (Å²) in [6.07, 6.45) is 4.96. The number of H-pyrrole nitrogens is 1. The van der Waals surface area contributed by atoms with E-state index in [4.69, 9.17) is 0 Å². The molecule has 6 heteroatoms. The Bertz CT molecular complexity index is 862. The van der Waals surface area contributed by atoms with Gasteiger partial charge in [0.15, 0.2) is 5.96 Å². The monoisotopic (exact) mass is 355 g/mol. The second-order valence-corrected chi connectivity index (χ2v) is 7.37. The second kappa shape index (κ2) is 8.16. The largest absolute Gasteiger partial charge is 0.361 e. The van der Waals surface area contributed by atoms with Crippen LogP contribution in [0.3, 0.4) is 0 Å². The average Bonchev–Trinajstić information content (AvgIpc) is 3.20. The van der Waals surface area contributed by atoms with Gasteiger partial charge in [0.25, 0.3) is 0 Å². The van der Waals surface area contributed by atoms with Crippen molar-refractivity contribution in [1.29, 1.82) is 0 Å². The number of fused-ring (bicyclic) bond motifs is 1. The number of aromatic amines is 1. The highest BCUT2D eigenvalue weighted by molar-refractivity contribution is 7.11. The summed E-state index contributed by atoms with van der Waals surface area (Å²) in [5.74, 6) is 0.839. The fourth-order valence-electron chi connectivity index (χ4n) is 2.85. The molecule has 1 aromatic carbocycles. The summed E-state index contributed by atoms with van der Waals surface area (Å²) in [6, 6.07) is 6.43. The van der Waals surface area contributed by atoms with Gasteiger partial charge in [0.05, 0.1) is 6.54 Å². The highest BCUT2D eigenvalue weighted by Gasteiger charge is 2.06. The van der Waals surface area contributed by atoms with Crippen molar-refractivity contribution in [2.75, 3.05) is 13.1 Å². The smallest absolute Gasteiger partial charge is 0.191 e. The van der Waals surface area contributed by atoms with E-state index < -0.39 is 0 Å². The van der Waals surface area contributed by atoms with Gasteiger partial charge < -0.3 is 15.6 Å². The van der Waals surface area contributed by atoms with E-state index in [9.17, 15) is 0 Å². The van der Waals surface area contributed by atoms with Gasteiger partial charge in [-0.3, -0.25) is 0 Å². The molecule has 0 aliphatic heterocycles. The van der Waals surface area contributed by atoms with Gasteiger partial charge in [-0.05, 0) is 38.3 Å². The van der Waals surface area contributed by atoms with Gasteiger partial charge in [-0.15, -0.1) is 11.3 Å². The molecule has 5 nitrogen and oxygen atoms in total. The number of aryl methyl sites for hydroxylation is 2. The van der Waals surface area contributed by atoms with Gasteiger partial charge in [-0.2, -0.15) is 0 Å². The number of nitrogens with zero attached hydrogens (tertiary/aromatic N) is 2. The van der Waals surface area contributed by atoms with Gasteiger partial charge in [0.1, 0.15) is 5.01 Å². The highest BCUT2D eigenvalue weighted by atomic mass is 32.1. The summed E-state index contributed by atoms with van der Waals surface area (Å²) in [5.41, 5.74) is 3.85. The highest BCUT2D eigenvalue weighted by Crippen LogP contribution is 2.21. The second-order valence-electron chi connectivity index (χ2n) is 6.05. The van der Waals surface area contributed by atoms with Crippen LogP contribution >= 0.6 is 11.3 Å². The molecule has 0 saturated carbocycles. The SMILES string of the molecule is CCNC(=NCc1ncc(C)s1)NCCc1c[nH]c2c(C)cccc12. The Kier molecular flexibility index (Phi) is 5.71. The van der Waals surface area contributed by atoms with E-state index in [-0.39, 0.29) is 0 Å². The van der Waals surface area contributed by atoms with E-state index in [0.717, 1.165) is 30.5 Å². The van der Waals surface area contributed by atoms with Crippen molar-refractivity contribution in [2.24, 2.45) is 4.99 Å². The first kappa shape index (κ1) is 17.5. The quantitative estimate of drug-likeness (QED) is 0.468. The maximum Gasteiger partial charge on any atom is 0.191 e. The van der Waals surface area contributed by atoms with E-state index in [1.807, 2.05) is 6.20 Å². The van der Waals surface area contributed by atoms with Gasteiger partial charge in [0, 0.05) is 41.3 Å². The van der Waals surface area contributed by atoms with E-state index >= 15 is 0 Å². The first-order chi connectivity index (χ1) is 12.2. The standard InChI is InChI=1S/C19H25N5S/c1-4-20-19(24-12-17-22-10-14(3)25-17)21-9-8-15-11-23-18-13(2)6-5-7-16(15)18/h5-7,10-11,23H,4,8-9,12H2,1-3H3,(H2,20,21,24). The zero-order valence-electron chi connectivity index (χ0n) is 15.0. The minimum absolute atomic E-state index is 0.611. The van der Waals surface area contributed by atoms with Crippen molar-refractivity contribution < 1.29 is 0 Å². The Balaban J connectivity index is 1.60. The zero-order valence-corrected chi connectivity index (χ0v) is 15.8. The third kappa shape index (κ3) is 4.39.